The van der Waals surface area contributed by atoms with E-state index >= 15 is 0 Å². The molecule has 27 heavy (non-hydrogen) atoms. The van der Waals surface area contributed by atoms with Gasteiger partial charge in [0.2, 0.25) is 0 Å². The van der Waals surface area contributed by atoms with E-state index in [1.165, 1.54) is 0 Å². The molecule has 0 aliphatic rings. The molecule has 0 saturated heterocycles. The zero-order chi connectivity index (χ0) is 21.4. The van der Waals surface area contributed by atoms with E-state index in [4.69, 9.17) is 0 Å². The fourth-order valence-electron chi connectivity index (χ4n) is 0.869. The monoisotopic (exact) mass is 450 g/mol. The number of hydrogen-bond acceptors (Lipinski definition) is 6. The van der Waals surface area contributed by atoms with Gasteiger partial charge in [0.1, 0.15) is 0 Å². The van der Waals surface area contributed by atoms with Gasteiger partial charge in [0.05, 0.1) is 11.0 Å². The van der Waals surface area contributed by atoms with Crippen molar-refractivity contribution in [3.8, 4) is 0 Å². The number of ether oxygens (including phenoxy) is 2. The smallest absolute Gasteiger partial charge is 0.398 e. The summed E-state index contributed by atoms with van der Waals surface area (Å²) < 4.78 is 188. The van der Waals surface area contributed by atoms with Gasteiger partial charge in [0, 0.05) is 0 Å². The first kappa shape index (κ1) is 28.3. The average molecular weight is 450 g/mol. The molecule has 0 saturated carbocycles. The normalized spacial score (nSPS) is 15.8. The van der Waals surface area contributed by atoms with Gasteiger partial charge in [0.15, 0.2) is 0 Å². The molecule has 0 aromatic carbocycles. The van der Waals surface area contributed by atoms with Gasteiger partial charge in [-0.05, 0) is 0 Å². The van der Waals surface area contributed by atoms with Gasteiger partial charge in [-0.25, -0.2) is 0 Å². The molecule has 0 radical (unpaired) electrons. The van der Waals surface area contributed by atoms with E-state index in [1.54, 1.807) is 4.74 Å². The summed E-state index contributed by atoms with van der Waals surface area (Å²) in [6, 6.07) is -3.91. The second-order valence-corrected chi connectivity index (χ2v) is 4.24. The molecule has 156 valence electrons. The topological polar surface area (TPSA) is 61.8 Å². The summed E-state index contributed by atoms with van der Waals surface area (Å²) >= 11 is 0. The minimum atomic E-state index is -7.44. The maximum absolute atomic E-state index is 13.4. The van der Waals surface area contributed by atoms with Gasteiger partial charge in [-0.1, -0.05) is 0 Å². The molecule has 0 bridgehead atoms. The van der Waals surface area contributed by atoms with Crippen molar-refractivity contribution in [3.63, 3.8) is 0 Å². The van der Waals surface area contributed by atoms with E-state index in [2.05, 4.69) is 4.18 Å². The predicted octanol–water partition coefficient (Wildman–Crippen LogP) is 1.31. The Balaban J connectivity index is 0. The summed E-state index contributed by atoms with van der Waals surface area (Å²) in [5, 5.41) is 0. The summed E-state index contributed by atoms with van der Waals surface area (Å²) in [5.74, 6) is -7.40. The summed E-state index contributed by atoms with van der Waals surface area (Å²) in [6.45, 7) is 0. The van der Waals surface area contributed by atoms with E-state index in [9.17, 15) is 65.5 Å². The Morgan fingerprint density at radius 3 is 1.41 bits per heavy atom. The van der Waals surface area contributed by atoms with Crippen LogP contribution in [0.2, 0.25) is 0 Å². The zero-order valence-corrected chi connectivity index (χ0v) is 12.7. The molecule has 0 amide bonds. The Bertz CT molecular complexity index is 619. The van der Waals surface area contributed by atoms with Crippen LogP contribution >= 0.6 is 0 Å². The first-order valence-corrected chi connectivity index (χ1v) is 5.98. The van der Waals surface area contributed by atoms with E-state index in [1.807, 2.05) is 4.74 Å². The number of hydrogen-bond donors (Lipinski definition) is 0. The molecule has 0 N–H and O–H groups in total. The molecule has 0 aromatic heterocycles. The van der Waals surface area contributed by atoms with Crippen LogP contribution in [0.25, 0.3) is 0 Å². The molecule has 0 aliphatic heterocycles. The third kappa shape index (κ3) is 6.30. The van der Waals surface area contributed by atoms with Gasteiger partial charge in [-0.2, -0.15) is 57.1 Å². The zero-order valence-electron chi connectivity index (χ0n) is 11.9. The van der Waals surface area contributed by atoms with Crippen LogP contribution in [-0.2, 0) is 33.1 Å². The van der Waals surface area contributed by atoms with Gasteiger partial charge >= 0.3 is 61.3 Å². The third-order valence-electron chi connectivity index (χ3n) is 1.89. The maximum atomic E-state index is 13.4. The third-order valence-corrected chi connectivity index (χ3v) is 2.23. The molecule has 5 nitrogen and oxygen atoms in total. The fraction of sp³-hybridized carbons (Fsp3) is 0.714. The Hall–Kier alpha value is -0.903. The molecule has 1 atom stereocenters. The summed E-state index contributed by atoms with van der Waals surface area (Å²) in [4.78, 5) is 0. The first-order chi connectivity index (χ1) is 11.2. The van der Waals surface area contributed by atoms with Gasteiger partial charge in [-0.15, -0.1) is 0 Å². The number of halogens is 13. The largest absolute Gasteiger partial charge is 1.00 e. The average Bonchev–Trinajstić information content (AvgIpc) is 2.33. The van der Waals surface area contributed by atoms with Crippen molar-refractivity contribution in [3.05, 3.63) is 12.1 Å². The van der Waals surface area contributed by atoms with E-state index in [-0.39, 0.29) is 18.9 Å². The van der Waals surface area contributed by atoms with E-state index in [0.29, 0.717) is 0 Å². The number of rotatable bonds is 8. The van der Waals surface area contributed by atoms with Crippen molar-refractivity contribution >= 4 is 11.0 Å². The van der Waals surface area contributed by atoms with Gasteiger partial charge in [-0.3, -0.25) is 4.74 Å². The minimum Gasteiger partial charge on any atom is -0.398 e. The van der Waals surface area contributed by atoms with Crippen LogP contribution in [0, 0.1) is 0 Å². The molecule has 0 spiro atoms. The molecular weight excluding hydrogens is 450 g/mol. The standard InChI is InChI=1S/C7F13O5S.Li/c8-1(9)2(10)23-5(15,16)3(11,4(12,13)14)24-6(17,18)7(19,20)25-26(21)22;/q-1;+1. The Labute approximate surface area is 152 Å². The fourth-order valence-corrected chi connectivity index (χ4v) is 1.14. The number of alkyl halides is 10. The molecular formula is C7F13LiO5S. The minimum absolute atomic E-state index is 0. The summed E-state index contributed by atoms with van der Waals surface area (Å²) in [7, 11) is -4.62. The Morgan fingerprint density at radius 2 is 1.11 bits per heavy atom. The van der Waals surface area contributed by atoms with Crippen LogP contribution in [0.1, 0.15) is 0 Å². The van der Waals surface area contributed by atoms with Gasteiger partial charge < -0.3 is 17.3 Å². The van der Waals surface area contributed by atoms with Gasteiger partial charge in [0.25, 0.3) is 0 Å². The van der Waals surface area contributed by atoms with Crippen LogP contribution in [0.5, 0.6) is 0 Å². The molecule has 0 aliphatic carbocycles. The molecule has 0 rings (SSSR count). The maximum Gasteiger partial charge on any atom is 1.00 e. The van der Waals surface area contributed by atoms with E-state index < -0.39 is 53.4 Å². The van der Waals surface area contributed by atoms with Crippen LogP contribution in [-0.4, -0.2) is 30.4 Å². The predicted molar refractivity (Wildman–Crippen MR) is 47.1 cm³/mol. The molecule has 1 unspecified atom stereocenters. The second-order valence-electron chi connectivity index (χ2n) is 3.67. The molecule has 0 aromatic rings. The van der Waals surface area contributed by atoms with Crippen molar-refractivity contribution in [2.24, 2.45) is 0 Å². The van der Waals surface area contributed by atoms with Crippen LogP contribution in [0.3, 0.4) is 0 Å². The van der Waals surface area contributed by atoms with Crippen molar-refractivity contribution in [1.29, 1.82) is 0 Å². The summed E-state index contributed by atoms with van der Waals surface area (Å²) in [5.41, 5.74) is 0. The quantitative estimate of drug-likeness (QED) is 0.242. The van der Waals surface area contributed by atoms with Crippen LogP contribution in [0.4, 0.5) is 57.1 Å². The van der Waals surface area contributed by atoms with Crippen LogP contribution in [0.15, 0.2) is 12.1 Å². The molecule has 0 heterocycles. The van der Waals surface area contributed by atoms with Crippen molar-refractivity contribution in [2.45, 2.75) is 30.4 Å². The van der Waals surface area contributed by atoms with Crippen molar-refractivity contribution < 1.29 is 98.0 Å². The van der Waals surface area contributed by atoms with Crippen LogP contribution < -0.4 is 18.9 Å². The van der Waals surface area contributed by atoms with E-state index in [0.717, 1.165) is 0 Å². The Kier molecular flexibility index (Phi) is 9.05. The molecule has 20 heteroatoms. The van der Waals surface area contributed by atoms with Crippen molar-refractivity contribution in [2.75, 3.05) is 0 Å². The Morgan fingerprint density at radius 1 is 0.704 bits per heavy atom. The summed E-state index contributed by atoms with van der Waals surface area (Å²) in [6.07, 6.45) is -32.3. The second kappa shape index (κ2) is 8.63. The van der Waals surface area contributed by atoms with Crippen molar-refractivity contribution in [1.82, 2.24) is 0 Å². The first-order valence-electron chi connectivity index (χ1n) is 4.98. The molecule has 0 fully saturated rings. The SMILES string of the molecule is O=[S-](=O)OC(F)(F)C(F)(F)OC(F)(C(F)(F)F)C(F)(F)OC(F)=C(F)F.[Li+].